The van der Waals surface area contributed by atoms with E-state index in [2.05, 4.69) is 4.98 Å². The fourth-order valence-corrected chi connectivity index (χ4v) is 1.41. The molecule has 18 heavy (non-hydrogen) atoms. The van der Waals surface area contributed by atoms with Crippen LogP contribution in [-0.4, -0.2) is 43.1 Å². The Morgan fingerprint density at radius 2 is 2.11 bits per heavy atom. The zero-order chi connectivity index (χ0) is 13.8. The molecule has 1 aromatic rings. The number of aliphatic hydroxyl groups is 1. The Hall–Kier alpha value is -1.70. The van der Waals surface area contributed by atoms with Crippen LogP contribution in [0.4, 0.5) is 24.7 Å². The Morgan fingerprint density at radius 1 is 1.44 bits per heavy atom. The molecular weight excluding hydrogens is 251 g/mol. The quantitative estimate of drug-likeness (QED) is 0.832. The zero-order valence-electron chi connectivity index (χ0n) is 9.74. The summed E-state index contributed by atoms with van der Waals surface area (Å²) >= 11 is 0. The summed E-state index contributed by atoms with van der Waals surface area (Å²) in [7, 11) is 1.35. The van der Waals surface area contributed by atoms with Gasteiger partial charge in [0.15, 0.2) is 5.82 Å². The van der Waals surface area contributed by atoms with Gasteiger partial charge in [-0.25, -0.2) is 0 Å². The first-order chi connectivity index (χ1) is 8.37. The monoisotopic (exact) mass is 265 g/mol. The van der Waals surface area contributed by atoms with Gasteiger partial charge in [0, 0.05) is 12.6 Å². The molecule has 0 aliphatic heterocycles. The summed E-state index contributed by atoms with van der Waals surface area (Å²) in [6.45, 7) is -1.89. The fraction of sp³-hybridized carbons (Fsp3) is 0.500. The first kappa shape index (κ1) is 14.4. The Balaban J connectivity index is 3.04. The molecule has 0 radical (unpaired) electrons. The number of methoxy groups -OCH3 is 1. The highest BCUT2D eigenvalue weighted by Gasteiger charge is 2.32. The van der Waals surface area contributed by atoms with Crippen molar-refractivity contribution < 1.29 is 23.0 Å². The summed E-state index contributed by atoms with van der Waals surface area (Å²) < 4.78 is 42.0. The lowest BCUT2D eigenvalue weighted by Crippen LogP contribution is -2.37. The highest BCUT2D eigenvalue weighted by Crippen LogP contribution is 2.27. The number of rotatable bonds is 5. The molecule has 8 heteroatoms. The first-order valence-electron chi connectivity index (χ1n) is 5.10. The summed E-state index contributed by atoms with van der Waals surface area (Å²) in [5.74, 6) is 0.102. The predicted octanol–water partition coefficient (Wildman–Crippen LogP) is 1.03. The normalized spacial score (nSPS) is 11.4. The molecule has 1 heterocycles. The lowest BCUT2D eigenvalue weighted by Gasteiger charge is -2.25. The van der Waals surface area contributed by atoms with Gasteiger partial charge >= 0.3 is 6.18 Å². The minimum Gasteiger partial charge on any atom is -0.481 e. The van der Waals surface area contributed by atoms with Crippen LogP contribution in [0.3, 0.4) is 0 Å². The number of nitrogens with two attached hydrogens (primary N) is 1. The first-order valence-corrected chi connectivity index (χ1v) is 5.10. The molecule has 5 nitrogen and oxygen atoms in total. The summed E-state index contributed by atoms with van der Waals surface area (Å²) in [5, 5.41) is 8.80. The molecule has 1 rings (SSSR count). The van der Waals surface area contributed by atoms with E-state index < -0.39 is 19.3 Å². The number of aliphatic hydroxyl groups excluding tert-OH is 1. The van der Waals surface area contributed by atoms with Gasteiger partial charge in [-0.1, -0.05) is 0 Å². The van der Waals surface area contributed by atoms with Crippen LogP contribution in [0, 0.1) is 0 Å². The highest BCUT2D eigenvalue weighted by atomic mass is 19.4. The number of ether oxygens (including phenoxy) is 1. The van der Waals surface area contributed by atoms with E-state index in [1.165, 1.54) is 19.2 Å². The van der Waals surface area contributed by atoms with E-state index in [-0.39, 0.29) is 23.9 Å². The number of pyridine rings is 1. The van der Waals surface area contributed by atoms with Crippen LogP contribution in [0.15, 0.2) is 12.1 Å². The van der Waals surface area contributed by atoms with Gasteiger partial charge in [-0.3, -0.25) is 0 Å². The third kappa shape index (κ3) is 3.95. The minimum atomic E-state index is -4.41. The second kappa shape index (κ2) is 5.76. The zero-order valence-corrected chi connectivity index (χ0v) is 9.74. The number of nitrogen functional groups attached to an aromatic ring is 1. The summed E-state index contributed by atoms with van der Waals surface area (Å²) in [4.78, 5) is 4.72. The lowest BCUT2D eigenvalue weighted by atomic mass is 10.3. The highest BCUT2D eigenvalue weighted by molar-refractivity contribution is 5.63. The van der Waals surface area contributed by atoms with Crippen molar-refractivity contribution in [1.82, 2.24) is 4.98 Å². The van der Waals surface area contributed by atoms with Crippen LogP contribution in [0.25, 0.3) is 0 Å². The van der Waals surface area contributed by atoms with Crippen LogP contribution >= 0.6 is 0 Å². The third-order valence-corrected chi connectivity index (χ3v) is 2.13. The molecule has 0 fully saturated rings. The number of alkyl halides is 3. The third-order valence-electron chi connectivity index (χ3n) is 2.13. The van der Waals surface area contributed by atoms with E-state index in [4.69, 9.17) is 15.6 Å². The van der Waals surface area contributed by atoms with Gasteiger partial charge in [0.25, 0.3) is 0 Å². The number of anilines is 2. The van der Waals surface area contributed by atoms with Gasteiger partial charge in [0.2, 0.25) is 5.88 Å². The maximum atomic E-state index is 12.4. The predicted molar refractivity (Wildman–Crippen MR) is 60.6 cm³/mol. The lowest BCUT2D eigenvalue weighted by molar-refractivity contribution is -0.119. The molecule has 3 N–H and O–H groups in total. The average molecular weight is 265 g/mol. The molecule has 0 saturated heterocycles. The van der Waals surface area contributed by atoms with Crippen LogP contribution < -0.4 is 15.4 Å². The molecule has 0 bridgehead atoms. The van der Waals surface area contributed by atoms with Crippen molar-refractivity contribution in [3.8, 4) is 5.88 Å². The van der Waals surface area contributed by atoms with E-state index in [1.54, 1.807) is 0 Å². The summed E-state index contributed by atoms with van der Waals surface area (Å²) in [6, 6.07) is 2.85. The standard InChI is InChI=1S/C10H14F3N3O2/c1-18-8-3-2-7(14)9(15-8)16(4-5-17)6-10(11,12)13/h2-3,17H,4-6,14H2,1H3. The molecular formula is C10H14F3N3O2. The molecule has 0 aromatic carbocycles. The molecule has 0 aliphatic rings. The van der Waals surface area contributed by atoms with Crippen molar-refractivity contribution in [3.05, 3.63) is 12.1 Å². The van der Waals surface area contributed by atoms with Gasteiger partial charge in [-0.05, 0) is 6.07 Å². The Morgan fingerprint density at radius 3 is 2.61 bits per heavy atom. The van der Waals surface area contributed by atoms with Gasteiger partial charge in [0.05, 0.1) is 19.4 Å². The van der Waals surface area contributed by atoms with E-state index in [0.717, 1.165) is 4.90 Å². The van der Waals surface area contributed by atoms with Crippen molar-refractivity contribution in [2.45, 2.75) is 6.18 Å². The maximum Gasteiger partial charge on any atom is 0.405 e. The van der Waals surface area contributed by atoms with Gasteiger partial charge in [-0.2, -0.15) is 18.2 Å². The molecule has 0 spiro atoms. The maximum absolute atomic E-state index is 12.4. The SMILES string of the molecule is COc1ccc(N)c(N(CCO)CC(F)(F)F)n1. The Labute approximate surface area is 102 Å². The molecule has 102 valence electrons. The van der Waals surface area contributed by atoms with E-state index >= 15 is 0 Å². The van der Waals surface area contributed by atoms with Crippen LogP contribution in [0.2, 0.25) is 0 Å². The molecule has 0 saturated carbocycles. The molecule has 0 unspecified atom stereocenters. The van der Waals surface area contributed by atoms with E-state index in [1.807, 2.05) is 0 Å². The largest absolute Gasteiger partial charge is 0.481 e. The van der Waals surface area contributed by atoms with Crippen molar-refractivity contribution >= 4 is 11.5 Å². The molecule has 0 amide bonds. The number of hydrogen-bond donors (Lipinski definition) is 2. The molecule has 0 aliphatic carbocycles. The van der Waals surface area contributed by atoms with E-state index in [9.17, 15) is 13.2 Å². The number of halogens is 3. The van der Waals surface area contributed by atoms with Crippen LogP contribution in [-0.2, 0) is 0 Å². The van der Waals surface area contributed by atoms with Crippen molar-refractivity contribution in [2.75, 3.05) is 37.4 Å². The summed E-state index contributed by atoms with van der Waals surface area (Å²) in [6.07, 6.45) is -4.41. The van der Waals surface area contributed by atoms with Gasteiger partial charge < -0.3 is 20.5 Å². The topological polar surface area (TPSA) is 71.6 Å². The van der Waals surface area contributed by atoms with Crippen molar-refractivity contribution in [3.63, 3.8) is 0 Å². The average Bonchev–Trinajstić information content (AvgIpc) is 2.27. The number of aromatic nitrogens is 1. The molecule has 0 atom stereocenters. The smallest absolute Gasteiger partial charge is 0.405 e. The molecule has 1 aromatic heterocycles. The second-order valence-corrected chi connectivity index (χ2v) is 3.53. The van der Waals surface area contributed by atoms with Crippen molar-refractivity contribution in [2.24, 2.45) is 0 Å². The fourth-order valence-electron chi connectivity index (χ4n) is 1.41. The second-order valence-electron chi connectivity index (χ2n) is 3.53. The Bertz CT molecular complexity index is 398. The number of nitrogens with zero attached hydrogens (tertiary/aromatic N) is 2. The minimum absolute atomic E-state index is 0.0549. The van der Waals surface area contributed by atoms with E-state index in [0.29, 0.717) is 0 Å². The number of hydrogen-bond acceptors (Lipinski definition) is 5. The van der Waals surface area contributed by atoms with Crippen LogP contribution in [0.1, 0.15) is 0 Å². The Kier molecular flexibility index (Phi) is 4.60. The van der Waals surface area contributed by atoms with Crippen molar-refractivity contribution in [1.29, 1.82) is 0 Å². The van der Waals surface area contributed by atoms with Crippen LogP contribution in [0.5, 0.6) is 5.88 Å². The van der Waals surface area contributed by atoms with Gasteiger partial charge in [-0.15, -0.1) is 0 Å². The summed E-state index contributed by atoms with van der Waals surface area (Å²) in [5.41, 5.74) is 5.68. The van der Waals surface area contributed by atoms with Gasteiger partial charge in [0.1, 0.15) is 6.54 Å².